The second-order valence-corrected chi connectivity index (χ2v) is 11.2. The topological polar surface area (TPSA) is 122 Å². The summed E-state index contributed by atoms with van der Waals surface area (Å²) < 4.78 is 74.4. The van der Waals surface area contributed by atoms with E-state index in [9.17, 15) is 26.3 Å². The van der Waals surface area contributed by atoms with E-state index in [1.807, 2.05) is 0 Å². The summed E-state index contributed by atoms with van der Waals surface area (Å²) in [6.07, 6.45) is 0.0354. The number of hydrogen-bond donors (Lipinski definition) is 3. The van der Waals surface area contributed by atoms with Crippen molar-refractivity contribution in [2.45, 2.75) is 54.2 Å². The minimum atomic E-state index is -4.00. The number of nitrogens with one attached hydrogen (secondary N) is 2. The zero-order valence-electron chi connectivity index (χ0n) is 17.6. The van der Waals surface area contributed by atoms with Gasteiger partial charge in [0.1, 0.15) is 10.7 Å². The Bertz CT molecular complexity index is 1140. The fourth-order valence-electron chi connectivity index (χ4n) is 3.62. The molecule has 2 aromatic rings. The van der Waals surface area contributed by atoms with Crippen molar-refractivity contribution in [1.82, 2.24) is 9.44 Å². The smallest absolute Gasteiger partial charge is 0.243 e. The molecule has 0 radical (unpaired) electrons. The number of ether oxygens (including phenoxy) is 1. The molecule has 3 rings (SSSR count). The fourth-order valence-corrected chi connectivity index (χ4v) is 6.15. The second-order valence-electron chi connectivity index (χ2n) is 7.72. The van der Waals surface area contributed by atoms with Crippen LogP contribution < -0.4 is 9.44 Å². The predicted octanol–water partition coefficient (Wildman–Crippen LogP) is 1.69. The van der Waals surface area contributed by atoms with Crippen molar-refractivity contribution in [2.24, 2.45) is 0 Å². The first-order chi connectivity index (χ1) is 15.1. The molecule has 1 heterocycles. The van der Waals surface area contributed by atoms with Crippen molar-refractivity contribution in [3.8, 4) is 0 Å². The molecular weight excluding hydrogens is 459 g/mol. The second kappa shape index (κ2) is 10.4. The van der Waals surface area contributed by atoms with Gasteiger partial charge in [-0.3, -0.25) is 0 Å². The predicted molar refractivity (Wildman–Crippen MR) is 116 cm³/mol. The highest BCUT2D eigenvalue weighted by atomic mass is 32.2. The van der Waals surface area contributed by atoms with Gasteiger partial charge in [-0.25, -0.2) is 30.7 Å². The molecule has 1 aliphatic rings. The maximum Gasteiger partial charge on any atom is 0.243 e. The molecule has 1 fully saturated rings. The van der Waals surface area contributed by atoms with Crippen molar-refractivity contribution >= 4 is 20.0 Å². The van der Waals surface area contributed by atoms with Crippen LogP contribution in [0, 0.1) is 12.7 Å². The van der Waals surface area contributed by atoms with Crippen molar-refractivity contribution in [3.05, 3.63) is 59.9 Å². The molecule has 0 amide bonds. The maximum absolute atomic E-state index is 13.8. The number of aryl methyl sites for hydroxylation is 1. The van der Waals surface area contributed by atoms with E-state index in [-0.39, 0.29) is 17.5 Å². The molecule has 32 heavy (non-hydrogen) atoms. The first-order valence-corrected chi connectivity index (χ1v) is 13.2. The number of sulfonamides is 2. The van der Waals surface area contributed by atoms with Gasteiger partial charge in [-0.1, -0.05) is 24.3 Å². The third kappa shape index (κ3) is 6.12. The van der Waals surface area contributed by atoms with Gasteiger partial charge in [0.2, 0.25) is 20.0 Å². The quantitative estimate of drug-likeness (QED) is 0.496. The van der Waals surface area contributed by atoms with Gasteiger partial charge in [0.05, 0.1) is 29.8 Å². The van der Waals surface area contributed by atoms with Crippen molar-refractivity contribution < 1.29 is 31.1 Å². The van der Waals surface area contributed by atoms with E-state index < -0.39 is 49.5 Å². The Kier molecular flexibility index (Phi) is 8.01. The highest BCUT2D eigenvalue weighted by Crippen LogP contribution is 2.24. The molecule has 1 saturated heterocycles. The summed E-state index contributed by atoms with van der Waals surface area (Å²) in [5, 5.41) is 9.71. The first kappa shape index (κ1) is 24.7. The molecule has 3 N–H and O–H groups in total. The Balaban J connectivity index is 1.56. The Morgan fingerprint density at radius 1 is 1.06 bits per heavy atom. The van der Waals surface area contributed by atoms with E-state index >= 15 is 0 Å². The minimum Gasteiger partial charge on any atom is -0.394 e. The van der Waals surface area contributed by atoms with Gasteiger partial charge in [-0.2, -0.15) is 0 Å². The van der Waals surface area contributed by atoms with Gasteiger partial charge in [0.25, 0.3) is 0 Å². The van der Waals surface area contributed by atoms with Crippen LogP contribution in [0.25, 0.3) is 0 Å². The van der Waals surface area contributed by atoms with Crippen LogP contribution in [0.3, 0.4) is 0 Å². The monoisotopic (exact) mass is 486 g/mol. The van der Waals surface area contributed by atoms with Crippen LogP contribution >= 0.6 is 0 Å². The molecule has 0 aliphatic carbocycles. The summed E-state index contributed by atoms with van der Waals surface area (Å²) in [6, 6.07) is 11.0. The summed E-state index contributed by atoms with van der Waals surface area (Å²) in [5.41, 5.74) is 0.810. The Morgan fingerprint density at radius 2 is 1.81 bits per heavy atom. The lowest BCUT2D eigenvalue weighted by Crippen LogP contribution is -2.51. The van der Waals surface area contributed by atoms with Gasteiger partial charge >= 0.3 is 0 Å². The van der Waals surface area contributed by atoms with Gasteiger partial charge in [-0.05, 0) is 56.0 Å². The summed E-state index contributed by atoms with van der Waals surface area (Å²) >= 11 is 0. The molecule has 11 heteroatoms. The standard InChI is InChI=1S/C21H27FN2O6S2/c1-15-5-4-6-17(13-15)31(26,27)24-19-10-9-16(30-20(19)14-25)11-12-23-32(28,29)21-8-3-2-7-18(21)22/h2-8,13,16,19-20,23-25H,9-12,14H2,1H3/t16-,19+,20+/m0/s1. The zero-order chi connectivity index (χ0) is 23.4. The molecule has 0 unspecified atom stereocenters. The fraction of sp³-hybridized carbons (Fsp3) is 0.429. The van der Waals surface area contributed by atoms with E-state index in [4.69, 9.17) is 4.74 Å². The Labute approximate surface area is 187 Å². The number of halogens is 1. The van der Waals surface area contributed by atoms with E-state index in [0.717, 1.165) is 11.6 Å². The molecule has 3 atom stereocenters. The van der Waals surface area contributed by atoms with E-state index in [0.29, 0.717) is 19.3 Å². The highest BCUT2D eigenvalue weighted by molar-refractivity contribution is 7.89. The minimum absolute atomic E-state index is 0.0131. The normalized spacial score (nSPS) is 22.0. The average molecular weight is 487 g/mol. The summed E-state index contributed by atoms with van der Waals surface area (Å²) in [6.45, 7) is 1.42. The molecule has 2 aromatic carbocycles. The lowest BCUT2D eigenvalue weighted by Gasteiger charge is -2.36. The summed E-state index contributed by atoms with van der Waals surface area (Å²) in [7, 11) is -7.78. The molecule has 1 aliphatic heterocycles. The SMILES string of the molecule is Cc1cccc(S(=O)(=O)N[C@@H]2CC[C@@H](CCNS(=O)(=O)c3ccccc3F)O[C@@H]2CO)c1. The van der Waals surface area contributed by atoms with Crippen LogP contribution in [0.5, 0.6) is 0 Å². The molecular formula is C21H27FN2O6S2. The number of rotatable bonds is 9. The Hall–Kier alpha value is -1.89. The van der Waals surface area contributed by atoms with Crippen LogP contribution in [-0.4, -0.2) is 53.3 Å². The Morgan fingerprint density at radius 3 is 2.50 bits per heavy atom. The molecule has 8 nitrogen and oxygen atoms in total. The van der Waals surface area contributed by atoms with E-state index in [2.05, 4.69) is 9.44 Å². The highest BCUT2D eigenvalue weighted by Gasteiger charge is 2.34. The number of aliphatic hydroxyl groups excluding tert-OH is 1. The molecule has 0 bridgehead atoms. The molecule has 0 aromatic heterocycles. The van der Waals surface area contributed by atoms with Crippen LogP contribution in [0.1, 0.15) is 24.8 Å². The van der Waals surface area contributed by atoms with Gasteiger partial charge in [-0.15, -0.1) is 0 Å². The van der Waals surface area contributed by atoms with Gasteiger partial charge in [0, 0.05) is 6.54 Å². The summed E-state index contributed by atoms with van der Waals surface area (Å²) in [5.74, 6) is -0.835. The van der Waals surface area contributed by atoms with Crippen molar-refractivity contribution in [3.63, 3.8) is 0 Å². The number of hydrogen-bond acceptors (Lipinski definition) is 6. The zero-order valence-corrected chi connectivity index (χ0v) is 19.2. The van der Waals surface area contributed by atoms with Gasteiger partial charge in [0.15, 0.2) is 0 Å². The number of aliphatic hydroxyl groups is 1. The van der Waals surface area contributed by atoms with Crippen LogP contribution in [-0.2, 0) is 24.8 Å². The molecule has 176 valence electrons. The number of benzene rings is 2. The van der Waals surface area contributed by atoms with E-state index in [1.54, 1.807) is 25.1 Å². The third-order valence-corrected chi connectivity index (χ3v) is 8.27. The maximum atomic E-state index is 13.8. The lowest BCUT2D eigenvalue weighted by atomic mass is 9.98. The van der Waals surface area contributed by atoms with Crippen LogP contribution in [0.15, 0.2) is 58.3 Å². The summed E-state index contributed by atoms with van der Waals surface area (Å²) in [4.78, 5) is -0.290. The van der Waals surface area contributed by atoms with Crippen LogP contribution in [0.4, 0.5) is 4.39 Å². The van der Waals surface area contributed by atoms with Crippen molar-refractivity contribution in [2.75, 3.05) is 13.2 Å². The third-order valence-electron chi connectivity index (χ3n) is 5.29. The lowest BCUT2D eigenvalue weighted by molar-refractivity contribution is -0.0869. The molecule has 0 spiro atoms. The van der Waals surface area contributed by atoms with Gasteiger partial charge < -0.3 is 9.84 Å². The first-order valence-electron chi connectivity index (χ1n) is 10.2. The van der Waals surface area contributed by atoms with E-state index in [1.165, 1.54) is 24.3 Å². The largest absolute Gasteiger partial charge is 0.394 e. The van der Waals surface area contributed by atoms with Crippen LogP contribution in [0.2, 0.25) is 0 Å². The average Bonchev–Trinajstić information content (AvgIpc) is 2.74. The molecule has 0 saturated carbocycles. The van der Waals surface area contributed by atoms with Crippen molar-refractivity contribution in [1.29, 1.82) is 0 Å².